The van der Waals surface area contributed by atoms with Crippen LogP contribution in [-0.2, 0) is 9.84 Å². The van der Waals surface area contributed by atoms with Crippen LogP contribution >= 0.6 is 15.9 Å². The molecule has 0 saturated heterocycles. The second-order valence-corrected chi connectivity index (χ2v) is 8.46. The number of hydrogen-bond acceptors (Lipinski definition) is 4. The largest absolute Gasteiger partial charge is 0.383 e. The first-order chi connectivity index (χ1) is 8.18. The predicted octanol–water partition coefficient (Wildman–Crippen LogP) is 2.72. The number of sulfone groups is 1. The molecule has 0 spiro atoms. The fourth-order valence-corrected chi connectivity index (χ4v) is 2.69. The highest BCUT2D eigenvalue weighted by molar-refractivity contribution is 9.10. The quantitative estimate of drug-likeness (QED) is 0.868. The predicted molar refractivity (Wildman–Crippen MR) is 78.5 cm³/mol. The summed E-state index contributed by atoms with van der Waals surface area (Å²) in [6, 6.07) is 1.94. The van der Waals surface area contributed by atoms with E-state index in [9.17, 15) is 8.42 Å². The first kappa shape index (κ1) is 15.4. The number of aromatic nitrogens is 1. The van der Waals surface area contributed by atoms with Gasteiger partial charge in [0.2, 0.25) is 0 Å². The highest BCUT2D eigenvalue weighted by atomic mass is 79.9. The molecule has 0 atom stereocenters. The molecule has 0 bridgehead atoms. The van der Waals surface area contributed by atoms with Gasteiger partial charge in [-0.3, -0.25) is 4.98 Å². The van der Waals surface area contributed by atoms with Crippen molar-refractivity contribution in [2.75, 3.05) is 23.9 Å². The Balaban J connectivity index is 2.51. The van der Waals surface area contributed by atoms with E-state index in [0.717, 1.165) is 10.2 Å². The fourth-order valence-electron chi connectivity index (χ4n) is 1.40. The molecule has 0 aromatic carbocycles. The van der Waals surface area contributed by atoms with E-state index in [-0.39, 0.29) is 11.2 Å². The highest BCUT2D eigenvalue weighted by Crippen LogP contribution is 2.22. The average Bonchev–Trinajstić information content (AvgIpc) is 2.24. The summed E-state index contributed by atoms with van der Waals surface area (Å²) in [4.78, 5) is 4.06. The summed E-state index contributed by atoms with van der Waals surface area (Å²) in [5.74, 6) is 0.221. The number of nitrogens with one attached hydrogen (secondary N) is 1. The number of nitrogens with zero attached hydrogens (tertiary/aromatic N) is 1. The second-order valence-electron chi connectivity index (χ2n) is 5.29. The Bertz CT molecular complexity index is 501. The molecule has 0 aliphatic carbocycles. The van der Waals surface area contributed by atoms with Crippen LogP contribution in [-0.4, -0.2) is 32.0 Å². The van der Waals surface area contributed by atoms with E-state index in [2.05, 4.69) is 40.1 Å². The SMILES string of the molecule is CC(C)(CCS(C)(=O)=O)CNc1cncc(Br)c1. The Morgan fingerprint density at radius 1 is 1.39 bits per heavy atom. The van der Waals surface area contributed by atoms with Gasteiger partial charge < -0.3 is 5.32 Å². The monoisotopic (exact) mass is 334 g/mol. The van der Waals surface area contributed by atoms with Gasteiger partial charge in [-0.1, -0.05) is 13.8 Å². The number of halogens is 1. The normalized spacial score (nSPS) is 12.4. The number of pyridine rings is 1. The summed E-state index contributed by atoms with van der Waals surface area (Å²) in [5.41, 5.74) is 0.850. The van der Waals surface area contributed by atoms with Crippen LogP contribution < -0.4 is 5.32 Å². The van der Waals surface area contributed by atoms with Crippen molar-refractivity contribution >= 4 is 31.5 Å². The van der Waals surface area contributed by atoms with E-state index in [1.165, 1.54) is 6.26 Å². The molecule has 1 rings (SSSR count). The van der Waals surface area contributed by atoms with Gasteiger partial charge in [0, 0.05) is 23.5 Å². The maximum Gasteiger partial charge on any atom is 0.147 e. The van der Waals surface area contributed by atoms with Crippen molar-refractivity contribution in [1.29, 1.82) is 0 Å². The van der Waals surface area contributed by atoms with Crippen LogP contribution in [0.2, 0.25) is 0 Å². The minimum atomic E-state index is -2.89. The summed E-state index contributed by atoms with van der Waals surface area (Å²) >= 11 is 3.36. The minimum absolute atomic E-state index is 0.0780. The van der Waals surface area contributed by atoms with E-state index in [1.807, 2.05) is 6.07 Å². The molecule has 0 saturated carbocycles. The lowest BCUT2D eigenvalue weighted by atomic mass is 9.90. The third-order valence-electron chi connectivity index (χ3n) is 2.63. The van der Waals surface area contributed by atoms with Crippen LogP contribution in [0.15, 0.2) is 22.9 Å². The maximum absolute atomic E-state index is 11.2. The van der Waals surface area contributed by atoms with Crippen LogP contribution in [0.25, 0.3) is 0 Å². The van der Waals surface area contributed by atoms with Crippen molar-refractivity contribution in [2.24, 2.45) is 5.41 Å². The van der Waals surface area contributed by atoms with Crippen LogP contribution in [0.5, 0.6) is 0 Å². The molecule has 1 aromatic heterocycles. The van der Waals surface area contributed by atoms with Gasteiger partial charge in [0.15, 0.2) is 0 Å². The number of rotatable bonds is 6. The molecule has 1 aromatic rings. The molecule has 4 nitrogen and oxygen atoms in total. The summed E-state index contributed by atoms with van der Waals surface area (Å²) < 4.78 is 23.2. The average molecular weight is 335 g/mol. The van der Waals surface area contributed by atoms with Crippen molar-refractivity contribution in [3.05, 3.63) is 22.9 Å². The van der Waals surface area contributed by atoms with Gasteiger partial charge in [0.1, 0.15) is 9.84 Å². The van der Waals surface area contributed by atoms with Gasteiger partial charge in [-0.2, -0.15) is 0 Å². The standard InChI is InChI=1S/C12H19BrN2O2S/c1-12(2,4-5-18(3,16)17)9-15-11-6-10(13)7-14-8-11/h6-8,15H,4-5,9H2,1-3H3. The zero-order valence-electron chi connectivity index (χ0n) is 10.9. The lowest BCUT2D eigenvalue weighted by molar-refractivity contribution is 0.377. The van der Waals surface area contributed by atoms with Crippen molar-refractivity contribution in [3.8, 4) is 0 Å². The molecule has 0 unspecified atom stereocenters. The Morgan fingerprint density at radius 3 is 2.61 bits per heavy atom. The topological polar surface area (TPSA) is 59.1 Å². The molecule has 18 heavy (non-hydrogen) atoms. The lowest BCUT2D eigenvalue weighted by Crippen LogP contribution is -2.26. The van der Waals surface area contributed by atoms with Crippen molar-refractivity contribution in [2.45, 2.75) is 20.3 Å². The van der Waals surface area contributed by atoms with E-state index < -0.39 is 9.84 Å². The third kappa shape index (κ3) is 6.35. The summed E-state index contributed by atoms with van der Waals surface area (Å²) in [5, 5.41) is 3.27. The summed E-state index contributed by atoms with van der Waals surface area (Å²) in [6.07, 6.45) is 5.38. The lowest BCUT2D eigenvalue weighted by Gasteiger charge is -2.25. The summed E-state index contributed by atoms with van der Waals surface area (Å²) in [7, 11) is -2.89. The van der Waals surface area contributed by atoms with Crippen LogP contribution in [0.3, 0.4) is 0 Å². The fraction of sp³-hybridized carbons (Fsp3) is 0.583. The highest BCUT2D eigenvalue weighted by Gasteiger charge is 2.20. The molecular formula is C12H19BrN2O2S. The zero-order chi connectivity index (χ0) is 13.8. The molecule has 1 N–H and O–H groups in total. The zero-order valence-corrected chi connectivity index (χ0v) is 13.3. The van der Waals surface area contributed by atoms with E-state index in [4.69, 9.17) is 0 Å². The minimum Gasteiger partial charge on any atom is -0.383 e. The van der Waals surface area contributed by atoms with Crippen molar-refractivity contribution < 1.29 is 8.42 Å². The van der Waals surface area contributed by atoms with Crippen LogP contribution in [0.4, 0.5) is 5.69 Å². The number of hydrogen-bond donors (Lipinski definition) is 1. The molecule has 0 radical (unpaired) electrons. The first-order valence-corrected chi connectivity index (χ1v) is 8.55. The molecule has 1 heterocycles. The Hall–Kier alpha value is -0.620. The smallest absolute Gasteiger partial charge is 0.147 e. The Kier molecular flexibility index (Phi) is 5.16. The molecule has 102 valence electrons. The van der Waals surface area contributed by atoms with Gasteiger partial charge in [-0.25, -0.2) is 8.42 Å². The molecule has 0 aliphatic rings. The molecular weight excluding hydrogens is 316 g/mol. The van der Waals surface area contributed by atoms with Gasteiger partial charge in [-0.15, -0.1) is 0 Å². The maximum atomic E-state index is 11.2. The number of anilines is 1. The first-order valence-electron chi connectivity index (χ1n) is 5.70. The molecule has 6 heteroatoms. The van der Waals surface area contributed by atoms with E-state index in [0.29, 0.717) is 13.0 Å². The Morgan fingerprint density at radius 2 is 2.06 bits per heavy atom. The van der Waals surface area contributed by atoms with Crippen LogP contribution in [0, 0.1) is 5.41 Å². The van der Waals surface area contributed by atoms with Crippen LogP contribution in [0.1, 0.15) is 20.3 Å². The van der Waals surface area contributed by atoms with Gasteiger partial charge in [0.25, 0.3) is 0 Å². The Labute approximate surface area is 117 Å². The van der Waals surface area contributed by atoms with Crippen molar-refractivity contribution in [1.82, 2.24) is 4.98 Å². The third-order valence-corrected chi connectivity index (χ3v) is 4.00. The second kappa shape index (κ2) is 6.02. The van der Waals surface area contributed by atoms with E-state index in [1.54, 1.807) is 12.4 Å². The van der Waals surface area contributed by atoms with Gasteiger partial charge in [0.05, 0.1) is 17.6 Å². The molecule has 0 aliphatic heterocycles. The molecule has 0 amide bonds. The van der Waals surface area contributed by atoms with Gasteiger partial charge >= 0.3 is 0 Å². The molecule has 0 fully saturated rings. The van der Waals surface area contributed by atoms with E-state index >= 15 is 0 Å². The van der Waals surface area contributed by atoms with Crippen molar-refractivity contribution in [3.63, 3.8) is 0 Å². The van der Waals surface area contributed by atoms with Gasteiger partial charge in [-0.05, 0) is 33.8 Å². The summed E-state index contributed by atoms with van der Waals surface area (Å²) in [6.45, 7) is 4.81.